The predicted octanol–water partition coefficient (Wildman–Crippen LogP) is 3.29. The highest BCUT2D eigenvalue weighted by Gasteiger charge is 2.03. The summed E-state index contributed by atoms with van der Waals surface area (Å²) in [5.41, 5.74) is 1.17. The van der Waals surface area contributed by atoms with Crippen molar-refractivity contribution in [1.82, 2.24) is 0 Å². The maximum absolute atomic E-state index is 10.7. The molecule has 0 N–H and O–H groups in total. The molecule has 0 aliphatic carbocycles. The summed E-state index contributed by atoms with van der Waals surface area (Å²) in [6.07, 6.45) is 5.13. The van der Waals surface area contributed by atoms with Gasteiger partial charge in [0, 0.05) is 12.8 Å². The maximum Gasteiger partial charge on any atom is 0.302 e. The Kier molecular flexibility index (Phi) is 5.34. The summed E-state index contributed by atoms with van der Waals surface area (Å²) in [6.45, 7) is 3.99. The van der Waals surface area contributed by atoms with Crippen LogP contribution in [0.2, 0.25) is 0 Å². The molecule has 86 valence electrons. The van der Waals surface area contributed by atoms with Crippen LogP contribution in [-0.2, 0) is 9.53 Å². The number of esters is 1. The van der Waals surface area contributed by atoms with E-state index in [2.05, 4.69) is 31.2 Å². The molecular weight excluding hydrogens is 200 g/mol. The molecule has 0 bridgehead atoms. The summed E-state index contributed by atoms with van der Waals surface area (Å²) in [6, 6.07) is 10.1. The molecule has 0 aromatic heterocycles. The van der Waals surface area contributed by atoms with Crippen LogP contribution < -0.4 is 0 Å². The Morgan fingerprint density at radius 2 is 2.06 bits per heavy atom. The fourth-order valence-electron chi connectivity index (χ4n) is 1.35. The van der Waals surface area contributed by atoms with Crippen molar-refractivity contribution < 1.29 is 9.53 Å². The third-order valence-electron chi connectivity index (χ3n) is 2.39. The zero-order valence-corrected chi connectivity index (χ0v) is 9.85. The molecule has 0 saturated heterocycles. The summed E-state index contributed by atoms with van der Waals surface area (Å²) in [5, 5.41) is 0. The summed E-state index contributed by atoms with van der Waals surface area (Å²) < 4.78 is 4.99. The molecule has 0 amide bonds. The van der Waals surface area contributed by atoms with E-state index in [0.717, 1.165) is 6.42 Å². The number of benzene rings is 1. The molecule has 0 fully saturated rings. The smallest absolute Gasteiger partial charge is 0.302 e. The van der Waals surface area contributed by atoms with Crippen LogP contribution in [0.4, 0.5) is 0 Å². The van der Waals surface area contributed by atoms with Crippen molar-refractivity contribution >= 4 is 12.0 Å². The molecule has 2 heteroatoms. The molecule has 0 saturated carbocycles. The molecule has 2 nitrogen and oxygen atoms in total. The summed E-state index contributed by atoms with van der Waals surface area (Å²) >= 11 is 0. The van der Waals surface area contributed by atoms with Gasteiger partial charge in [0.25, 0.3) is 0 Å². The van der Waals surface area contributed by atoms with Gasteiger partial charge in [-0.2, -0.15) is 0 Å². The molecule has 1 aromatic rings. The van der Waals surface area contributed by atoms with E-state index in [1.165, 1.54) is 12.5 Å². The van der Waals surface area contributed by atoms with Crippen LogP contribution in [-0.4, -0.2) is 12.6 Å². The van der Waals surface area contributed by atoms with Crippen LogP contribution in [0.5, 0.6) is 0 Å². The van der Waals surface area contributed by atoms with Gasteiger partial charge < -0.3 is 4.74 Å². The van der Waals surface area contributed by atoms with Crippen LogP contribution in [0, 0.1) is 5.92 Å². The zero-order chi connectivity index (χ0) is 11.8. The van der Waals surface area contributed by atoms with Gasteiger partial charge in [-0.05, 0) is 12.0 Å². The number of hydrogen-bond acceptors (Lipinski definition) is 2. The van der Waals surface area contributed by atoms with Gasteiger partial charge in [-0.25, -0.2) is 0 Å². The second-order valence-corrected chi connectivity index (χ2v) is 3.74. The van der Waals surface area contributed by atoms with Gasteiger partial charge in [0.2, 0.25) is 0 Å². The van der Waals surface area contributed by atoms with E-state index < -0.39 is 0 Å². The summed E-state index contributed by atoms with van der Waals surface area (Å²) in [7, 11) is 0. The molecule has 1 aromatic carbocycles. The highest BCUT2D eigenvalue weighted by atomic mass is 16.5. The topological polar surface area (TPSA) is 26.3 Å². The van der Waals surface area contributed by atoms with E-state index in [1.807, 2.05) is 18.2 Å². The lowest BCUT2D eigenvalue weighted by Gasteiger charge is -2.09. The molecule has 16 heavy (non-hydrogen) atoms. The average molecular weight is 218 g/mol. The Morgan fingerprint density at radius 1 is 1.38 bits per heavy atom. The molecule has 0 radical (unpaired) electrons. The molecule has 1 rings (SSSR count). The molecule has 1 unspecified atom stereocenters. The van der Waals surface area contributed by atoms with Gasteiger partial charge >= 0.3 is 5.97 Å². The average Bonchev–Trinajstić information content (AvgIpc) is 2.30. The quantitative estimate of drug-likeness (QED) is 0.709. The lowest BCUT2D eigenvalue weighted by molar-refractivity contribution is -0.141. The van der Waals surface area contributed by atoms with E-state index >= 15 is 0 Å². The van der Waals surface area contributed by atoms with Crippen LogP contribution in [0.15, 0.2) is 36.4 Å². The number of rotatable bonds is 5. The normalized spacial score (nSPS) is 12.6. The molecular formula is C14H18O2. The monoisotopic (exact) mass is 218 g/mol. The first-order valence-corrected chi connectivity index (χ1v) is 5.59. The van der Waals surface area contributed by atoms with Crippen LogP contribution in [0.3, 0.4) is 0 Å². The van der Waals surface area contributed by atoms with Gasteiger partial charge in [-0.15, -0.1) is 0 Å². The Balaban J connectivity index is 2.49. The van der Waals surface area contributed by atoms with E-state index in [0.29, 0.717) is 12.5 Å². The van der Waals surface area contributed by atoms with Crippen LogP contribution in [0.1, 0.15) is 25.8 Å². The minimum Gasteiger partial charge on any atom is -0.465 e. The van der Waals surface area contributed by atoms with Crippen molar-refractivity contribution in [2.24, 2.45) is 5.92 Å². The number of ether oxygens (including phenoxy) is 1. The number of hydrogen-bond donors (Lipinski definition) is 0. The fourth-order valence-corrected chi connectivity index (χ4v) is 1.35. The fraction of sp³-hybridized carbons (Fsp3) is 0.357. The van der Waals surface area contributed by atoms with Gasteiger partial charge in [0.05, 0.1) is 6.61 Å². The number of carbonyl (C=O) groups is 1. The standard InChI is InChI=1S/C14H18O2/c1-3-13(11-16-12(2)15)9-10-14-7-5-4-6-8-14/h4-10,13H,3,11H2,1-2H3/b10-9+. The lowest BCUT2D eigenvalue weighted by Crippen LogP contribution is -2.09. The molecule has 0 aliphatic heterocycles. The first kappa shape index (κ1) is 12.5. The van der Waals surface area contributed by atoms with Crippen molar-refractivity contribution in [1.29, 1.82) is 0 Å². The Hall–Kier alpha value is -1.57. The minimum absolute atomic E-state index is 0.216. The number of carbonyl (C=O) groups excluding carboxylic acids is 1. The van der Waals surface area contributed by atoms with Gasteiger partial charge in [0.15, 0.2) is 0 Å². The van der Waals surface area contributed by atoms with Crippen LogP contribution >= 0.6 is 0 Å². The van der Waals surface area contributed by atoms with E-state index in [-0.39, 0.29) is 5.97 Å². The predicted molar refractivity (Wildman–Crippen MR) is 65.9 cm³/mol. The van der Waals surface area contributed by atoms with Gasteiger partial charge in [-0.1, -0.05) is 49.4 Å². The maximum atomic E-state index is 10.7. The SMILES string of the molecule is CCC(/C=C/c1ccccc1)COC(C)=O. The van der Waals surface area contributed by atoms with Gasteiger partial charge in [-0.3, -0.25) is 4.79 Å². The molecule has 1 atom stereocenters. The van der Waals surface area contributed by atoms with E-state index in [9.17, 15) is 4.79 Å². The highest BCUT2D eigenvalue weighted by molar-refractivity contribution is 5.65. The van der Waals surface area contributed by atoms with Crippen molar-refractivity contribution in [3.05, 3.63) is 42.0 Å². The molecule has 0 heterocycles. The third-order valence-corrected chi connectivity index (χ3v) is 2.39. The molecule has 0 spiro atoms. The van der Waals surface area contributed by atoms with Crippen LogP contribution in [0.25, 0.3) is 6.08 Å². The minimum atomic E-state index is -0.216. The van der Waals surface area contributed by atoms with Gasteiger partial charge in [0.1, 0.15) is 0 Å². The Labute approximate surface area is 96.9 Å². The third kappa shape index (κ3) is 4.78. The zero-order valence-electron chi connectivity index (χ0n) is 9.85. The van der Waals surface area contributed by atoms with E-state index in [1.54, 1.807) is 0 Å². The second-order valence-electron chi connectivity index (χ2n) is 3.74. The largest absolute Gasteiger partial charge is 0.465 e. The highest BCUT2D eigenvalue weighted by Crippen LogP contribution is 2.09. The Morgan fingerprint density at radius 3 is 2.62 bits per heavy atom. The summed E-state index contributed by atoms with van der Waals surface area (Å²) in [4.78, 5) is 10.7. The lowest BCUT2D eigenvalue weighted by atomic mass is 10.1. The molecule has 0 aliphatic rings. The first-order chi connectivity index (χ1) is 7.72. The van der Waals surface area contributed by atoms with Crippen molar-refractivity contribution in [2.45, 2.75) is 20.3 Å². The van der Waals surface area contributed by atoms with Crippen molar-refractivity contribution in [3.8, 4) is 0 Å². The van der Waals surface area contributed by atoms with Crippen molar-refractivity contribution in [3.63, 3.8) is 0 Å². The first-order valence-electron chi connectivity index (χ1n) is 5.59. The second kappa shape index (κ2) is 6.83. The summed E-state index contributed by atoms with van der Waals surface area (Å²) in [5.74, 6) is 0.0793. The van der Waals surface area contributed by atoms with E-state index in [4.69, 9.17) is 4.74 Å². The van der Waals surface area contributed by atoms with Crippen molar-refractivity contribution in [2.75, 3.05) is 6.61 Å². The Bertz CT molecular complexity index is 341.